The summed E-state index contributed by atoms with van der Waals surface area (Å²) in [5.74, 6) is -4.49. The molecule has 0 amide bonds. The van der Waals surface area contributed by atoms with E-state index in [1.54, 1.807) is 37.4 Å². The summed E-state index contributed by atoms with van der Waals surface area (Å²) in [6, 6.07) is 15.2. The highest BCUT2D eigenvalue weighted by Crippen LogP contribution is 2.36. The zero-order valence-corrected chi connectivity index (χ0v) is 15.7. The largest absolute Gasteiger partial charge is 0.333 e. The molecule has 2 aromatic carbocycles. The number of nitrogens with zero attached hydrogens (tertiary/aromatic N) is 5. The highest BCUT2D eigenvalue weighted by atomic mass is 19.3. The second-order valence-electron chi connectivity index (χ2n) is 7.01. The number of rotatable bonds is 3. The van der Waals surface area contributed by atoms with E-state index in [-0.39, 0.29) is 11.2 Å². The molecule has 5 aromatic rings. The monoisotopic (exact) mass is 405 g/mol. The maximum Gasteiger partial charge on any atom is 0.333 e. The van der Waals surface area contributed by atoms with Crippen molar-refractivity contribution in [1.82, 2.24) is 24.8 Å². The molecule has 0 bridgehead atoms. The van der Waals surface area contributed by atoms with Gasteiger partial charge in [-0.15, -0.1) is 10.2 Å². The smallest absolute Gasteiger partial charge is 0.256 e. The number of halogens is 3. The van der Waals surface area contributed by atoms with Crippen molar-refractivity contribution in [2.45, 2.75) is 12.8 Å². The number of fused-ring (bicyclic) bond motifs is 2. The molecule has 0 unspecified atom stereocenters. The zero-order valence-electron chi connectivity index (χ0n) is 15.7. The normalized spacial score (nSPS) is 12.0. The summed E-state index contributed by atoms with van der Waals surface area (Å²) >= 11 is 0. The van der Waals surface area contributed by atoms with Gasteiger partial charge in [-0.25, -0.2) is 4.39 Å². The molecular formula is C22H14F3N5. The van der Waals surface area contributed by atoms with Crippen molar-refractivity contribution in [3.8, 4) is 11.3 Å². The molecule has 0 saturated carbocycles. The lowest BCUT2D eigenvalue weighted by atomic mass is 10.0. The number of hydrogen-bond acceptors (Lipinski definition) is 4. The molecule has 8 heteroatoms. The summed E-state index contributed by atoms with van der Waals surface area (Å²) in [4.78, 5) is 4.16. The van der Waals surface area contributed by atoms with E-state index >= 15 is 8.78 Å². The fraction of sp³-hybridized carbons (Fsp3) is 0.0909. The van der Waals surface area contributed by atoms with Crippen LogP contribution in [-0.2, 0) is 5.92 Å². The molecule has 0 N–H and O–H groups in total. The standard InChI is InChI=1S/C22H14F3N5/c1-13-9-15(12-17(23)10-13)19-6-7-20-27-28-21(30(20)29-19)22(24,25)16-4-5-18-14(11-16)3-2-8-26-18/h2-12H,1H3. The van der Waals surface area contributed by atoms with Crippen molar-refractivity contribution in [3.05, 3.63) is 89.6 Å². The number of aryl methyl sites for hydroxylation is 1. The Morgan fingerprint density at radius 2 is 1.80 bits per heavy atom. The third kappa shape index (κ3) is 2.97. The Morgan fingerprint density at radius 1 is 0.933 bits per heavy atom. The molecule has 0 aliphatic heterocycles. The lowest BCUT2D eigenvalue weighted by molar-refractivity contribution is 0.0307. The van der Waals surface area contributed by atoms with E-state index < -0.39 is 17.6 Å². The van der Waals surface area contributed by atoms with Crippen LogP contribution in [0.1, 0.15) is 17.0 Å². The minimum atomic E-state index is -3.45. The van der Waals surface area contributed by atoms with Crippen LogP contribution in [0.2, 0.25) is 0 Å². The topological polar surface area (TPSA) is 56.0 Å². The first-order valence-electron chi connectivity index (χ1n) is 9.15. The first-order chi connectivity index (χ1) is 14.4. The first-order valence-corrected chi connectivity index (χ1v) is 9.15. The molecule has 0 fully saturated rings. The minimum Gasteiger partial charge on any atom is -0.256 e. The average Bonchev–Trinajstić information content (AvgIpc) is 3.17. The van der Waals surface area contributed by atoms with E-state index in [0.717, 1.165) is 4.52 Å². The third-order valence-corrected chi connectivity index (χ3v) is 4.85. The Kier molecular flexibility index (Phi) is 4.02. The molecule has 0 radical (unpaired) electrons. The fourth-order valence-corrected chi connectivity index (χ4v) is 3.42. The van der Waals surface area contributed by atoms with Gasteiger partial charge in [0.25, 0.3) is 0 Å². The van der Waals surface area contributed by atoms with E-state index in [1.165, 1.54) is 36.4 Å². The lowest BCUT2D eigenvalue weighted by Crippen LogP contribution is -2.20. The second kappa shape index (κ2) is 6.62. The Bertz CT molecular complexity index is 1390. The van der Waals surface area contributed by atoms with Crippen LogP contribution in [0.5, 0.6) is 0 Å². The van der Waals surface area contributed by atoms with Crippen LogP contribution in [-0.4, -0.2) is 24.8 Å². The van der Waals surface area contributed by atoms with Crippen LogP contribution in [0, 0.1) is 12.7 Å². The second-order valence-corrected chi connectivity index (χ2v) is 7.01. The van der Waals surface area contributed by atoms with E-state index in [4.69, 9.17) is 0 Å². The van der Waals surface area contributed by atoms with Crippen LogP contribution in [0.4, 0.5) is 13.2 Å². The number of alkyl halides is 2. The molecule has 0 atom stereocenters. The van der Waals surface area contributed by atoms with Gasteiger partial charge in [0.1, 0.15) is 5.82 Å². The van der Waals surface area contributed by atoms with Gasteiger partial charge < -0.3 is 0 Å². The van der Waals surface area contributed by atoms with Gasteiger partial charge in [-0.2, -0.15) is 18.4 Å². The molecule has 3 heterocycles. The summed E-state index contributed by atoms with van der Waals surface area (Å²) in [5, 5.41) is 12.4. The number of hydrogen-bond donors (Lipinski definition) is 0. The Labute approximate surface area is 168 Å². The quantitative estimate of drug-likeness (QED) is 0.427. The van der Waals surface area contributed by atoms with Gasteiger partial charge in [0.2, 0.25) is 5.82 Å². The van der Waals surface area contributed by atoms with Gasteiger partial charge in [-0.05, 0) is 61.0 Å². The van der Waals surface area contributed by atoms with Crippen LogP contribution < -0.4 is 0 Å². The Hall–Kier alpha value is -3.81. The molecule has 148 valence electrons. The van der Waals surface area contributed by atoms with E-state index in [1.807, 2.05) is 0 Å². The van der Waals surface area contributed by atoms with Gasteiger partial charge in [-0.3, -0.25) is 4.98 Å². The Balaban J connectivity index is 1.65. The van der Waals surface area contributed by atoms with Gasteiger partial charge in [-0.1, -0.05) is 12.1 Å². The van der Waals surface area contributed by atoms with E-state index in [9.17, 15) is 4.39 Å². The van der Waals surface area contributed by atoms with Gasteiger partial charge in [0.15, 0.2) is 5.65 Å². The molecule has 0 saturated heterocycles. The zero-order chi connectivity index (χ0) is 20.9. The lowest BCUT2D eigenvalue weighted by Gasteiger charge is -2.15. The SMILES string of the molecule is Cc1cc(F)cc(-c2ccc3nnc(C(F)(F)c4ccc5ncccc5c4)n3n2)c1. The average molecular weight is 405 g/mol. The maximum absolute atomic E-state index is 15.4. The molecule has 30 heavy (non-hydrogen) atoms. The van der Waals surface area contributed by atoms with Crippen LogP contribution >= 0.6 is 0 Å². The number of pyridine rings is 1. The maximum atomic E-state index is 15.4. The van der Waals surface area contributed by atoms with E-state index in [0.29, 0.717) is 27.7 Å². The molecular weight excluding hydrogens is 391 g/mol. The van der Waals surface area contributed by atoms with Crippen molar-refractivity contribution >= 4 is 16.6 Å². The van der Waals surface area contributed by atoms with Crippen molar-refractivity contribution < 1.29 is 13.2 Å². The van der Waals surface area contributed by atoms with E-state index in [2.05, 4.69) is 20.3 Å². The fourth-order valence-electron chi connectivity index (χ4n) is 3.42. The summed E-state index contributed by atoms with van der Waals surface area (Å²) in [6.45, 7) is 1.75. The van der Waals surface area contributed by atoms with Crippen molar-refractivity contribution in [1.29, 1.82) is 0 Å². The van der Waals surface area contributed by atoms with Gasteiger partial charge >= 0.3 is 5.92 Å². The van der Waals surface area contributed by atoms with Crippen molar-refractivity contribution in [2.75, 3.05) is 0 Å². The predicted molar refractivity (Wildman–Crippen MR) is 106 cm³/mol. The van der Waals surface area contributed by atoms with Crippen LogP contribution in [0.3, 0.4) is 0 Å². The minimum absolute atomic E-state index is 0.170. The summed E-state index contributed by atoms with van der Waals surface area (Å²) in [6.07, 6.45) is 1.60. The van der Waals surface area contributed by atoms with Crippen molar-refractivity contribution in [2.24, 2.45) is 0 Å². The highest BCUT2D eigenvalue weighted by Gasteiger charge is 2.40. The number of benzene rings is 2. The summed E-state index contributed by atoms with van der Waals surface area (Å²) in [7, 11) is 0. The number of aromatic nitrogens is 5. The molecule has 5 nitrogen and oxygen atoms in total. The highest BCUT2D eigenvalue weighted by molar-refractivity contribution is 5.79. The van der Waals surface area contributed by atoms with Crippen LogP contribution in [0.25, 0.3) is 27.8 Å². The first kappa shape index (κ1) is 18.2. The summed E-state index contributed by atoms with van der Waals surface area (Å²) in [5.41, 5.74) is 2.06. The predicted octanol–water partition coefficient (Wildman–Crippen LogP) is 4.93. The third-order valence-electron chi connectivity index (χ3n) is 4.85. The molecule has 0 aliphatic rings. The molecule has 0 aliphatic carbocycles. The molecule has 5 rings (SSSR count). The van der Waals surface area contributed by atoms with Gasteiger partial charge in [0, 0.05) is 22.7 Å². The van der Waals surface area contributed by atoms with Gasteiger partial charge in [0.05, 0.1) is 11.2 Å². The molecule has 0 spiro atoms. The Morgan fingerprint density at radius 3 is 2.63 bits per heavy atom. The summed E-state index contributed by atoms with van der Waals surface area (Å²) < 4.78 is 45.6. The van der Waals surface area contributed by atoms with Crippen molar-refractivity contribution in [3.63, 3.8) is 0 Å². The molecule has 3 aromatic heterocycles. The van der Waals surface area contributed by atoms with Crippen LogP contribution in [0.15, 0.2) is 66.9 Å².